The maximum atomic E-state index is 5.69. The summed E-state index contributed by atoms with van der Waals surface area (Å²) in [4.78, 5) is 0. The van der Waals surface area contributed by atoms with Crippen molar-refractivity contribution in [2.24, 2.45) is 5.92 Å². The van der Waals surface area contributed by atoms with Crippen molar-refractivity contribution in [2.75, 3.05) is 0 Å². The molecule has 0 N–H and O–H groups in total. The summed E-state index contributed by atoms with van der Waals surface area (Å²) >= 11 is 0. The molecular weight excluding hydrogens is 119 g/mol. The summed E-state index contributed by atoms with van der Waals surface area (Å²) in [6, 6.07) is 0. The summed E-state index contributed by atoms with van der Waals surface area (Å²) in [6.45, 7) is 4.30. The highest BCUT2D eigenvalue weighted by molar-refractivity contribution is 6.11. The molecule has 0 heterocycles. The Morgan fingerprint density at radius 1 is 1.80 bits per heavy atom. The Morgan fingerprint density at radius 3 is 2.90 bits per heavy atom. The Bertz CT molecular complexity index is 136. The van der Waals surface area contributed by atoms with Crippen LogP contribution < -0.4 is 0 Å². The van der Waals surface area contributed by atoms with Crippen LogP contribution in [-0.2, 0) is 0 Å². The zero-order chi connectivity index (χ0) is 7.56. The van der Waals surface area contributed by atoms with Crippen molar-refractivity contribution in [3.05, 3.63) is 11.6 Å². The lowest BCUT2D eigenvalue weighted by Gasteiger charge is -2.11. The molecule has 0 aromatic heterocycles. The smallest absolute Gasteiger partial charge is 0.0695 e. The van der Waals surface area contributed by atoms with Gasteiger partial charge in [-0.2, -0.15) is 0 Å². The van der Waals surface area contributed by atoms with Gasteiger partial charge >= 0.3 is 0 Å². The molecule has 0 saturated carbocycles. The quantitative estimate of drug-likeness (QED) is 0.402. The maximum absolute atomic E-state index is 5.69. The van der Waals surface area contributed by atoms with Crippen LogP contribution in [0.1, 0.15) is 33.1 Å². The van der Waals surface area contributed by atoms with E-state index in [1.165, 1.54) is 19.3 Å². The van der Waals surface area contributed by atoms with Gasteiger partial charge in [0.05, 0.1) is 7.85 Å². The van der Waals surface area contributed by atoms with E-state index in [-0.39, 0.29) is 0 Å². The van der Waals surface area contributed by atoms with Crippen LogP contribution in [0, 0.1) is 5.92 Å². The van der Waals surface area contributed by atoms with E-state index in [0.29, 0.717) is 5.82 Å². The third kappa shape index (κ3) is 2.20. The number of hydrogen-bond donors (Lipinski definition) is 0. The first-order valence-corrected chi connectivity index (χ1v) is 4.09. The van der Waals surface area contributed by atoms with Crippen LogP contribution in [0.4, 0.5) is 0 Å². The number of hydrogen-bond acceptors (Lipinski definition) is 0. The first-order chi connectivity index (χ1) is 4.68. The second-order valence-electron chi connectivity index (χ2n) is 3.57. The second kappa shape index (κ2) is 3.27. The highest BCUT2D eigenvalue weighted by Crippen LogP contribution is 2.30. The molecule has 0 aliphatic heterocycles. The van der Waals surface area contributed by atoms with Crippen molar-refractivity contribution in [1.82, 2.24) is 0 Å². The second-order valence-corrected chi connectivity index (χ2v) is 3.57. The zero-order valence-electron chi connectivity index (χ0n) is 6.93. The molecule has 0 fully saturated rings. The maximum Gasteiger partial charge on any atom is 0.0695 e. The molecule has 0 aromatic carbocycles. The van der Waals surface area contributed by atoms with Crippen molar-refractivity contribution in [3.8, 4) is 0 Å². The van der Waals surface area contributed by atoms with E-state index in [9.17, 15) is 0 Å². The highest BCUT2D eigenvalue weighted by Gasteiger charge is 2.14. The summed E-state index contributed by atoms with van der Waals surface area (Å²) in [6.07, 6.45) is 6.07. The minimum atomic E-state index is 0.379. The van der Waals surface area contributed by atoms with Crippen LogP contribution in [0.3, 0.4) is 0 Å². The molecule has 2 unspecified atom stereocenters. The molecule has 1 rings (SSSR count). The Hall–Kier alpha value is -0.195. The minimum absolute atomic E-state index is 0.379. The Morgan fingerprint density at radius 2 is 2.50 bits per heavy atom. The van der Waals surface area contributed by atoms with Crippen molar-refractivity contribution in [3.63, 3.8) is 0 Å². The fourth-order valence-electron chi connectivity index (χ4n) is 1.70. The fourth-order valence-corrected chi connectivity index (χ4v) is 1.70. The van der Waals surface area contributed by atoms with Gasteiger partial charge in [-0.1, -0.05) is 30.8 Å². The predicted octanol–water partition coefficient (Wildman–Crippen LogP) is 2.71. The largest absolute Gasteiger partial charge is 0.0853 e. The summed E-state index contributed by atoms with van der Waals surface area (Å²) < 4.78 is 0. The summed E-state index contributed by atoms with van der Waals surface area (Å²) in [5, 5.41) is 0. The molecule has 54 valence electrons. The molecule has 1 heteroatoms. The van der Waals surface area contributed by atoms with Gasteiger partial charge in [0.2, 0.25) is 0 Å². The van der Waals surface area contributed by atoms with Crippen LogP contribution in [0.25, 0.3) is 0 Å². The van der Waals surface area contributed by atoms with E-state index in [1.54, 1.807) is 5.57 Å². The Kier molecular flexibility index (Phi) is 2.59. The lowest BCUT2D eigenvalue weighted by atomic mass is 9.80. The van der Waals surface area contributed by atoms with Crippen molar-refractivity contribution < 1.29 is 0 Å². The SMILES string of the molecule is [B]C(C)CC1CC=C(C)C1. The van der Waals surface area contributed by atoms with Gasteiger partial charge in [-0.05, 0) is 25.7 Å². The molecule has 1 aliphatic carbocycles. The van der Waals surface area contributed by atoms with E-state index in [2.05, 4.69) is 19.9 Å². The summed E-state index contributed by atoms with van der Waals surface area (Å²) in [5.74, 6) is 1.23. The third-order valence-electron chi connectivity index (χ3n) is 2.12. The first-order valence-electron chi connectivity index (χ1n) is 4.09. The highest BCUT2D eigenvalue weighted by atomic mass is 14.2. The first kappa shape index (κ1) is 7.91. The molecule has 0 bridgehead atoms. The fraction of sp³-hybridized carbons (Fsp3) is 0.778. The lowest BCUT2D eigenvalue weighted by molar-refractivity contribution is 0.508. The average Bonchev–Trinajstić information content (AvgIpc) is 2.13. The minimum Gasteiger partial charge on any atom is -0.0853 e. The van der Waals surface area contributed by atoms with Gasteiger partial charge in [0.1, 0.15) is 0 Å². The monoisotopic (exact) mass is 134 g/mol. The van der Waals surface area contributed by atoms with E-state index in [4.69, 9.17) is 7.85 Å². The molecule has 10 heavy (non-hydrogen) atoms. The molecule has 1 aliphatic rings. The molecule has 0 amide bonds. The Labute approximate surface area is 65.1 Å². The zero-order valence-corrected chi connectivity index (χ0v) is 6.93. The molecular formula is C9H15B. The third-order valence-corrected chi connectivity index (χ3v) is 2.12. The van der Waals surface area contributed by atoms with Crippen LogP contribution in [0.15, 0.2) is 11.6 Å². The van der Waals surface area contributed by atoms with Crippen molar-refractivity contribution in [1.29, 1.82) is 0 Å². The molecule has 2 atom stereocenters. The van der Waals surface area contributed by atoms with Gasteiger partial charge in [-0.3, -0.25) is 0 Å². The van der Waals surface area contributed by atoms with Crippen LogP contribution in [0.5, 0.6) is 0 Å². The summed E-state index contributed by atoms with van der Waals surface area (Å²) in [5.41, 5.74) is 1.55. The van der Waals surface area contributed by atoms with E-state index < -0.39 is 0 Å². The normalized spacial score (nSPS) is 28.2. The van der Waals surface area contributed by atoms with Crippen LogP contribution in [0.2, 0.25) is 5.82 Å². The molecule has 2 radical (unpaired) electrons. The predicted molar refractivity (Wildman–Crippen MR) is 46.3 cm³/mol. The van der Waals surface area contributed by atoms with Gasteiger partial charge in [-0.25, -0.2) is 0 Å². The summed E-state index contributed by atoms with van der Waals surface area (Å²) in [7, 11) is 5.69. The van der Waals surface area contributed by atoms with E-state index >= 15 is 0 Å². The van der Waals surface area contributed by atoms with Gasteiger partial charge in [0.25, 0.3) is 0 Å². The lowest BCUT2D eigenvalue weighted by Crippen LogP contribution is -1.98. The molecule has 0 nitrogen and oxygen atoms in total. The van der Waals surface area contributed by atoms with E-state index in [1.807, 2.05) is 0 Å². The van der Waals surface area contributed by atoms with Crippen LogP contribution in [-0.4, -0.2) is 7.85 Å². The molecule has 0 saturated heterocycles. The number of rotatable bonds is 2. The van der Waals surface area contributed by atoms with Gasteiger partial charge < -0.3 is 0 Å². The van der Waals surface area contributed by atoms with Gasteiger partial charge in [-0.15, -0.1) is 0 Å². The van der Waals surface area contributed by atoms with Gasteiger partial charge in [0.15, 0.2) is 0 Å². The average molecular weight is 134 g/mol. The Balaban J connectivity index is 2.23. The van der Waals surface area contributed by atoms with Crippen LogP contribution >= 0.6 is 0 Å². The van der Waals surface area contributed by atoms with Gasteiger partial charge in [0, 0.05) is 0 Å². The van der Waals surface area contributed by atoms with Crippen molar-refractivity contribution in [2.45, 2.75) is 38.9 Å². The number of allylic oxidation sites excluding steroid dienone is 2. The standard InChI is InChI=1S/C9H15B/c1-7-3-4-9(5-7)6-8(2)10/h3,8-9H,4-6H2,1-2H3. The van der Waals surface area contributed by atoms with E-state index in [0.717, 1.165) is 5.92 Å². The topological polar surface area (TPSA) is 0 Å². The van der Waals surface area contributed by atoms with Crippen molar-refractivity contribution >= 4 is 7.85 Å². The molecule has 0 spiro atoms. The molecule has 0 aromatic rings.